The van der Waals surface area contributed by atoms with Gasteiger partial charge in [-0.2, -0.15) is 17.6 Å². The lowest BCUT2D eigenvalue weighted by Gasteiger charge is -2.33. The van der Waals surface area contributed by atoms with E-state index in [9.17, 15) is 22.4 Å². The predicted octanol–water partition coefficient (Wildman–Crippen LogP) is 3.29. The van der Waals surface area contributed by atoms with Gasteiger partial charge in [-0.25, -0.2) is 4.79 Å². The van der Waals surface area contributed by atoms with E-state index in [0.717, 1.165) is 0 Å². The Labute approximate surface area is 108 Å². The van der Waals surface area contributed by atoms with Gasteiger partial charge in [0, 0.05) is 13.1 Å². The van der Waals surface area contributed by atoms with Crippen LogP contribution in [0.5, 0.6) is 0 Å². The summed E-state index contributed by atoms with van der Waals surface area (Å²) in [6.07, 6.45) is -1.44. The molecule has 0 N–H and O–H groups in total. The third-order valence-electron chi connectivity index (χ3n) is 3.80. The molecule has 1 aliphatic heterocycles. The Bertz CT molecular complexity index is 379. The molecule has 110 valence electrons. The maximum absolute atomic E-state index is 13.2. The van der Waals surface area contributed by atoms with Gasteiger partial charge >= 0.3 is 17.9 Å². The molecule has 1 heterocycles. The van der Waals surface area contributed by atoms with E-state index in [4.69, 9.17) is 4.74 Å². The van der Waals surface area contributed by atoms with Crippen molar-refractivity contribution >= 4 is 6.09 Å². The van der Waals surface area contributed by atoms with Gasteiger partial charge in [0.15, 0.2) is 0 Å². The Morgan fingerprint density at radius 3 is 1.79 bits per heavy atom. The van der Waals surface area contributed by atoms with E-state index in [0.29, 0.717) is 0 Å². The number of halogens is 4. The van der Waals surface area contributed by atoms with E-state index < -0.39 is 41.8 Å². The molecule has 0 aromatic rings. The summed E-state index contributed by atoms with van der Waals surface area (Å²) in [4.78, 5) is 12.9. The molecule has 0 aromatic carbocycles. The SMILES string of the molecule is CC(C)(C)OC(=O)N1CCC2(CC1)C(F)(F)C2(F)F. The molecule has 3 nitrogen and oxygen atoms in total. The largest absolute Gasteiger partial charge is 0.444 e. The molecular formula is C12H17F4NO2. The van der Waals surface area contributed by atoms with Crippen LogP contribution in [0, 0.1) is 5.41 Å². The van der Waals surface area contributed by atoms with Gasteiger partial charge in [0.25, 0.3) is 0 Å². The van der Waals surface area contributed by atoms with Crippen LogP contribution in [0.25, 0.3) is 0 Å². The summed E-state index contributed by atoms with van der Waals surface area (Å²) in [5.74, 6) is -7.89. The highest BCUT2D eigenvalue weighted by Crippen LogP contribution is 2.76. The molecule has 0 radical (unpaired) electrons. The zero-order valence-corrected chi connectivity index (χ0v) is 11.1. The highest BCUT2D eigenvalue weighted by Gasteiger charge is 2.95. The highest BCUT2D eigenvalue weighted by atomic mass is 19.3. The number of hydrogen-bond acceptors (Lipinski definition) is 2. The Morgan fingerprint density at radius 1 is 1.05 bits per heavy atom. The molecule has 1 saturated heterocycles. The predicted molar refractivity (Wildman–Crippen MR) is 59.4 cm³/mol. The standard InChI is InChI=1S/C12H17F4NO2/c1-9(2,3)19-8(18)17-6-4-10(5-7-17)11(13,14)12(10,15)16/h4-7H2,1-3H3. The lowest BCUT2D eigenvalue weighted by Crippen LogP contribution is -2.43. The van der Waals surface area contributed by atoms with Gasteiger partial charge in [-0.1, -0.05) is 0 Å². The number of likely N-dealkylation sites (tertiary alicyclic amines) is 1. The summed E-state index contributed by atoms with van der Waals surface area (Å²) in [6.45, 7) is 4.79. The molecule has 1 saturated carbocycles. The number of amides is 1. The molecule has 2 aliphatic rings. The zero-order valence-electron chi connectivity index (χ0n) is 11.1. The molecule has 0 bridgehead atoms. The normalized spacial score (nSPS) is 27.2. The second-order valence-electron chi connectivity index (χ2n) is 6.20. The van der Waals surface area contributed by atoms with E-state index in [-0.39, 0.29) is 13.1 Å². The minimum absolute atomic E-state index is 0.125. The molecule has 1 spiro atoms. The molecule has 7 heteroatoms. The lowest BCUT2D eigenvalue weighted by molar-refractivity contribution is -0.0278. The average molecular weight is 283 g/mol. The summed E-state index contributed by atoms with van der Waals surface area (Å²) in [6, 6.07) is 0. The van der Waals surface area contributed by atoms with Crippen molar-refractivity contribution in [2.45, 2.75) is 51.1 Å². The van der Waals surface area contributed by atoms with Gasteiger partial charge in [-0.05, 0) is 33.6 Å². The van der Waals surface area contributed by atoms with E-state index in [1.807, 2.05) is 0 Å². The van der Waals surface area contributed by atoms with Crippen molar-refractivity contribution in [3.05, 3.63) is 0 Å². The number of carbonyl (C=O) groups is 1. The van der Waals surface area contributed by atoms with E-state index in [1.54, 1.807) is 20.8 Å². The fraction of sp³-hybridized carbons (Fsp3) is 0.917. The fourth-order valence-electron chi connectivity index (χ4n) is 2.55. The first-order valence-corrected chi connectivity index (χ1v) is 6.18. The Hall–Kier alpha value is -1.01. The van der Waals surface area contributed by atoms with E-state index >= 15 is 0 Å². The Morgan fingerprint density at radius 2 is 1.47 bits per heavy atom. The van der Waals surface area contributed by atoms with Crippen molar-refractivity contribution < 1.29 is 27.1 Å². The van der Waals surface area contributed by atoms with Gasteiger partial charge in [0.05, 0.1) is 0 Å². The van der Waals surface area contributed by atoms with Crippen molar-refractivity contribution in [3.63, 3.8) is 0 Å². The summed E-state index contributed by atoms with van der Waals surface area (Å²) in [7, 11) is 0. The number of rotatable bonds is 0. The molecule has 0 unspecified atom stereocenters. The highest BCUT2D eigenvalue weighted by molar-refractivity contribution is 5.68. The lowest BCUT2D eigenvalue weighted by atomic mass is 9.92. The number of piperidine rings is 1. The van der Waals surface area contributed by atoms with Crippen LogP contribution < -0.4 is 0 Å². The van der Waals surface area contributed by atoms with Crippen LogP contribution in [0.3, 0.4) is 0 Å². The zero-order chi connectivity index (χ0) is 14.7. The second-order valence-corrected chi connectivity index (χ2v) is 6.20. The molecule has 19 heavy (non-hydrogen) atoms. The van der Waals surface area contributed by atoms with Crippen LogP contribution in [-0.2, 0) is 4.74 Å². The van der Waals surface area contributed by atoms with Gasteiger partial charge in [-0.15, -0.1) is 0 Å². The monoisotopic (exact) mass is 283 g/mol. The summed E-state index contributed by atoms with van der Waals surface area (Å²) >= 11 is 0. The number of nitrogens with zero attached hydrogens (tertiary/aromatic N) is 1. The van der Waals surface area contributed by atoms with Crippen molar-refractivity contribution in [2.24, 2.45) is 5.41 Å². The minimum Gasteiger partial charge on any atom is -0.444 e. The summed E-state index contributed by atoms with van der Waals surface area (Å²) in [5.41, 5.74) is -2.95. The number of hydrogen-bond donors (Lipinski definition) is 0. The molecule has 0 atom stereocenters. The smallest absolute Gasteiger partial charge is 0.410 e. The summed E-state index contributed by atoms with van der Waals surface area (Å²) in [5, 5.41) is 0. The maximum Gasteiger partial charge on any atom is 0.410 e. The van der Waals surface area contributed by atoms with Gasteiger partial charge < -0.3 is 9.64 Å². The third kappa shape index (κ3) is 1.89. The molecular weight excluding hydrogens is 266 g/mol. The first kappa shape index (κ1) is 14.4. The third-order valence-corrected chi connectivity index (χ3v) is 3.80. The van der Waals surface area contributed by atoms with Crippen LogP contribution >= 0.6 is 0 Å². The van der Waals surface area contributed by atoms with Gasteiger partial charge in [-0.3, -0.25) is 0 Å². The topological polar surface area (TPSA) is 29.5 Å². The number of ether oxygens (including phenoxy) is 1. The molecule has 0 aromatic heterocycles. The molecule has 1 aliphatic carbocycles. The van der Waals surface area contributed by atoms with Crippen molar-refractivity contribution in [1.29, 1.82) is 0 Å². The summed E-state index contributed by atoms with van der Waals surface area (Å²) < 4.78 is 57.7. The van der Waals surface area contributed by atoms with Crippen LogP contribution in [0.15, 0.2) is 0 Å². The van der Waals surface area contributed by atoms with E-state index in [1.165, 1.54) is 4.90 Å². The first-order chi connectivity index (χ1) is 8.45. The maximum atomic E-state index is 13.2. The van der Waals surface area contributed by atoms with Crippen LogP contribution in [0.4, 0.5) is 22.4 Å². The quantitative estimate of drug-likeness (QED) is 0.638. The van der Waals surface area contributed by atoms with Gasteiger partial charge in [0.1, 0.15) is 11.0 Å². The number of alkyl halides is 4. The van der Waals surface area contributed by atoms with Crippen LogP contribution in [0.2, 0.25) is 0 Å². The van der Waals surface area contributed by atoms with Crippen LogP contribution in [-0.4, -0.2) is 41.5 Å². The minimum atomic E-state index is -3.94. The van der Waals surface area contributed by atoms with Crippen LogP contribution in [0.1, 0.15) is 33.6 Å². The van der Waals surface area contributed by atoms with E-state index in [2.05, 4.69) is 0 Å². The molecule has 2 fully saturated rings. The van der Waals surface area contributed by atoms with Crippen molar-refractivity contribution in [1.82, 2.24) is 4.90 Å². The Kier molecular flexibility index (Phi) is 2.85. The van der Waals surface area contributed by atoms with Gasteiger partial charge in [0.2, 0.25) is 0 Å². The second kappa shape index (κ2) is 3.76. The molecule has 2 rings (SSSR count). The average Bonchev–Trinajstić information content (AvgIpc) is 2.56. The number of carbonyl (C=O) groups excluding carboxylic acids is 1. The molecule has 1 amide bonds. The van der Waals surface area contributed by atoms with Crippen molar-refractivity contribution in [2.75, 3.05) is 13.1 Å². The van der Waals surface area contributed by atoms with Crippen molar-refractivity contribution in [3.8, 4) is 0 Å². The first-order valence-electron chi connectivity index (χ1n) is 6.18. The Balaban J connectivity index is 1.96. The fourth-order valence-corrected chi connectivity index (χ4v) is 2.55.